The van der Waals surface area contributed by atoms with Crippen molar-refractivity contribution in [2.45, 2.75) is 39.8 Å². The zero-order valence-corrected chi connectivity index (χ0v) is 11.6. The number of benzene rings is 1. The Balaban J connectivity index is 0.00000256. The zero-order chi connectivity index (χ0) is 12.5. The van der Waals surface area contributed by atoms with E-state index in [9.17, 15) is 10.2 Å². The highest BCUT2D eigenvalue weighted by atomic mass is 35.5. The van der Waals surface area contributed by atoms with E-state index in [4.69, 9.17) is 5.73 Å². The first kappa shape index (κ1) is 16.2. The monoisotopic (exact) mass is 259 g/mol. The molecule has 2 atom stereocenters. The first-order valence-electron chi connectivity index (χ1n) is 5.58. The number of aromatic hydroxyl groups is 1. The van der Waals surface area contributed by atoms with Crippen molar-refractivity contribution in [2.24, 2.45) is 11.7 Å². The molecule has 0 heterocycles. The van der Waals surface area contributed by atoms with Crippen molar-refractivity contribution in [3.63, 3.8) is 0 Å². The highest BCUT2D eigenvalue weighted by Crippen LogP contribution is 2.27. The number of hydrogen-bond donors (Lipinski definition) is 3. The van der Waals surface area contributed by atoms with Gasteiger partial charge in [0.05, 0.1) is 12.1 Å². The van der Waals surface area contributed by atoms with Crippen LogP contribution >= 0.6 is 12.4 Å². The Kier molecular flexibility index (Phi) is 5.96. The predicted molar refractivity (Wildman–Crippen MR) is 72.6 cm³/mol. The SMILES string of the molecule is Cc1cc([C@H](N)[C@H](O)C(C)C)cc(C)c1O.Cl. The fraction of sp³-hybridized carbons (Fsp3) is 0.538. The molecular formula is C13H22ClNO2. The lowest BCUT2D eigenvalue weighted by molar-refractivity contribution is 0.0979. The van der Waals surface area contributed by atoms with Gasteiger partial charge in [0, 0.05) is 0 Å². The number of aryl methyl sites for hydroxylation is 2. The number of hydrogen-bond acceptors (Lipinski definition) is 3. The lowest BCUT2D eigenvalue weighted by Gasteiger charge is -2.23. The second-order valence-corrected chi connectivity index (χ2v) is 4.76. The maximum Gasteiger partial charge on any atom is 0.121 e. The Hall–Kier alpha value is -0.770. The largest absolute Gasteiger partial charge is 0.507 e. The van der Waals surface area contributed by atoms with E-state index in [2.05, 4.69) is 0 Å². The third-order valence-corrected chi connectivity index (χ3v) is 2.95. The second-order valence-electron chi connectivity index (χ2n) is 4.76. The molecule has 0 saturated heterocycles. The van der Waals surface area contributed by atoms with Crippen LogP contribution < -0.4 is 5.73 Å². The van der Waals surface area contributed by atoms with Crippen LogP contribution in [0, 0.1) is 19.8 Å². The summed E-state index contributed by atoms with van der Waals surface area (Å²) >= 11 is 0. The first-order chi connectivity index (χ1) is 7.34. The third kappa shape index (κ3) is 3.60. The van der Waals surface area contributed by atoms with Gasteiger partial charge >= 0.3 is 0 Å². The van der Waals surface area contributed by atoms with Gasteiger partial charge in [0.1, 0.15) is 5.75 Å². The summed E-state index contributed by atoms with van der Waals surface area (Å²) in [6.45, 7) is 7.54. The van der Waals surface area contributed by atoms with Gasteiger partial charge in [-0.15, -0.1) is 12.4 Å². The van der Waals surface area contributed by atoms with Crippen molar-refractivity contribution in [1.82, 2.24) is 0 Å². The van der Waals surface area contributed by atoms with Crippen LogP contribution in [0.2, 0.25) is 0 Å². The van der Waals surface area contributed by atoms with Crippen LogP contribution in [0.5, 0.6) is 5.75 Å². The molecule has 0 aliphatic heterocycles. The van der Waals surface area contributed by atoms with Gasteiger partial charge in [-0.2, -0.15) is 0 Å². The molecule has 0 aliphatic rings. The summed E-state index contributed by atoms with van der Waals surface area (Å²) in [7, 11) is 0. The summed E-state index contributed by atoms with van der Waals surface area (Å²) in [5, 5.41) is 19.6. The molecule has 1 aromatic rings. The molecule has 0 aromatic heterocycles. The van der Waals surface area contributed by atoms with Crippen molar-refractivity contribution in [3.05, 3.63) is 28.8 Å². The normalized spacial score (nSPS) is 14.3. The standard InChI is InChI=1S/C13H21NO2.ClH/c1-7(2)12(15)11(14)10-5-8(3)13(16)9(4)6-10;/h5-7,11-12,15-16H,14H2,1-4H3;1H/t11-,12+;/m0./s1. The molecule has 3 nitrogen and oxygen atoms in total. The molecule has 0 unspecified atom stereocenters. The van der Waals surface area contributed by atoms with E-state index >= 15 is 0 Å². The molecule has 0 amide bonds. The van der Waals surface area contributed by atoms with E-state index in [0.29, 0.717) is 5.75 Å². The van der Waals surface area contributed by atoms with Crippen LogP contribution in [0.3, 0.4) is 0 Å². The molecule has 1 aromatic carbocycles. The number of aliphatic hydroxyl groups excluding tert-OH is 1. The molecule has 98 valence electrons. The van der Waals surface area contributed by atoms with Gasteiger partial charge in [0.2, 0.25) is 0 Å². The first-order valence-corrected chi connectivity index (χ1v) is 5.58. The minimum absolute atomic E-state index is 0. The molecule has 0 bridgehead atoms. The molecule has 17 heavy (non-hydrogen) atoms. The summed E-state index contributed by atoms with van der Waals surface area (Å²) in [5.74, 6) is 0.416. The smallest absolute Gasteiger partial charge is 0.121 e. The number of aliphatic hydroxyl groups is 1. The minimum atomic E-state index is -0.566. The van der Waals surface area contributed by atoms with E-state index in [1.807, 2.05) is 39.8 Å². The molecule has 0 radical (unpaired) electrons. The number of nitrogens with two attached hydrogens (primary N) is 1. The van der Waals surface area contributed by atoms with Gasteiger partial charge < -0.3 is 15.9 Å². The fourth-order valence-electron chi connectivity index (χ4n) is 1.79. The molecule has 0 saturated carbocycles. The average Bonchev–Trinajstić information content (AvgIpc) is 2.22. The number of rotatable bonds is 3. The van der Waals surface area contributed by atoms with E-state index < -0.39 is 12.1 Å². The Morgan fingerprint density at radius 1 is 1.12 bits per heavy atom. The number of phenols is 1. The van der Waals surface area contributed by atoms with Crippen molar-refractivity contribution in [2.75, 3.05) is 0 Å². The Labute approximate surface area is 109 Å². The molecule has 0 fully saturated rings. The van der Waals surface area contributed by atoms with E-state index in [-0.39, 0.29) is 18.3 Å². The van der Waals surface area contributed by atoms with Gasteiger partial charge in [0.15, 0.2) is 0 Å². The molecular weight excluding hydrogens is 238 g/mol. The summed E-state index contributed by atoms with van der Waals surface area (Å²) in [6.07, 6.45) is -0.566. The Morgan fingerprint density at radius 3 is 1.88 bits per heavy atom. The fourth-order valence-corrected chi connectivity index (χ4v) is 1.79. The lowest BCUT2D eigenvalue weighted by Crippen LogP contribution is -2.30. The lowest BCUT2D eigenvalue weighted by atomic mass is 9.92. The summed E-state index contributed by atoms with van der Waals surface area (Å²) in [5.41, 5.74) is 8.45. The summed E-state index contributed by atoms with van der Waals surface area (Å²) < 4.78 is 0. The molecule has 0 spiro atoms. The van der Waals surface area contributed by atoms with Crippen LogP contribution in [0.1, 0.15) is 36.6 Å². The molecule has 4 N–H and O–H groups in total. The Morgan fingerprint density at radius 2 is 1.53 bits per heavy atom. The minimum Gasteiger partial charge on any atom is -0.507 e. The van der Waals surface area contributed by atoms with Crippen molar-refractivity contribution in [1.29, 1.82) is 0 Å². The van der Waals surface area contributed by atoms with Crippen LogP contribution in [-0.2, 0) is 0 Å². The quantitative estimate of drug-likeness (QED) is 0.781. The zero-order valence-electron chi connectivity index (χ0n) is 10.8. The maximum absolute atomic E-state index is 9.91. The highest BCUT2D eigenvalue weighted by Gasteiger charge is 2.21. The van der Waals surface area contributed by atoms with Crippen molar-refractivity contribution in [3.8, 4) is 5.75 Å². The van der Waals surface area contributed by atoms with Crippen molar-refractivity contribution >= 4 is 12.4 Å². The van der Waals surface area contributed by atoms with Crippen LogP contribution in [0.25, 0.3) is 0 Å². The van der Waals surface area contributed by atoms with Gasteiger partial charge in [-0.3, -0.25) is 0 Å². The maximum atomic E-state index is 9.91. The van der Waals surface area contributed by atoms with Gasteiger partial charge in [-0.1, -0.05) is 26.0 Å². The number of halogens is 1. The van der Waals surface area contributed by atoms with Gasteiger partial charge in [-0.05, 0) is 36.5 Å². The van der Waals surface area contributed by atoms with E-state index in [1.54, 1.807) is 0 Å². The molecule has 1 rings (SSSR count). The summed E-state index contributed by atoms with van der Waals surface area (Å²) in [6, 6.07) is 3.26. The van der Waals surface area contributed by atoms with Crippen LogP contribution in [-0.4, -0.2) is 16.3 Å². The average molecular weight is 260 g/mol. The van der Waals surface area contributed by atoms with Gasteiger partial charge in [-0.25, -0.2) is 0 Å². The Bertz CT molecular complexity index is 357. The van der Waals surface area contributed by atoms with E-state index in [0.717, 1.165) is 16.7 Å². The molecule has 0 aliphatic carbocycles. The third-order valence-electron chi connectivity index (χ3n) is 2.95. The topological polar surface area (TPSA) is 66.5 Å². The second kappa shape index (κ2) is 6.24. The number of phenolic OH excluding ortho intramolecular Hbond substituents is 1. The van der Waals surface area contributed by atoms with Gasteiger partial charge in [0.25, 0.3) is 0 Å². The van der Waals surface area contributed by atoms with Crippen LogP contribution in [0.15, 0.2) is 12.1 Å². The van der Waals surface area contributed by atoms with Crippen molar-refractivity contribution < 1.29 is 10.2 Å². The summed E-state index contributed by atoms with van der Waals surface area (Å²) in [4.78, 5) is 0. The molecule has 4 heteroatoms. The highest BCUT2D eigenvalue weighted by molar-refractivity contribution is 5.85. The predicted octanol–water partition coefficient (Wildman–Crippen LogP) is 2.45. The van der Waals surface area contributed by atoms with E-state index in [1.165, 1.54) is 0 Å². The van der Waals surface area contributed by atoms with Crippen LogP contribution in [0.4, 0.5) is 0 Å².